The van der Waals surface area contributed by atoms with Crippen LogP contribution in [0.15, 0.2) is 41.8 Å². The van der Waals surface area contributed by atoms with Gasteiger partial charge in [-0.15, -0.1) is 11.3 Å². The summed E-state index contributed by atoms with van der Waals surface area (Å²) in [6, 6.07) is 8.58. The van der Waals surface area contributed by atoms with Gasteiger partial charge in [0.2, 0.25) is 5.91 Å². The number of nitrogens with zero attached hydrogens (tertiary/aromatic N) is 1. The minimum Gasteiger partial charge on any atom is -0.508 e. The SMILES string of the molecule is CC.COC(=O)C(CNC(=O)c1cccs1)NC(=O)c1sc(NC(=O)Cc2cccc(O)c2)nc1C. The normalized spacial score (nSPS) is 10.9. The van der Waals surface area contributed by atoms with Crippen LogP contribution < -0.4 is 16.0 Å². The van der Waals surface area contributed by atoms with Crippen LogP contribution in [0.2, 0.25) is 0 Å². The maximum Gasteiger partial charge on any atom is 0.330 e. The fourth-order valence-electron chi connectivity index (χ4n) is 2.92. The molecular formula is C24H28N4O6S2. The molecule has 1 unspecified atom stereocenters. The number of aromatic hydroxyl groups is 1. The van der Waals surface area contributed by atoms with Crippen molar-refractivity contribution in [2.45, 2.75) is 33.2 Å². The van der Waals surface area contributed by atoms with E-state index in [-0.39, 0.29) is 40.5 Å². The summed E-state index contributed by atoms with van der Waals surface area (Å²) in [6.07, 6.45) is 0.0168. The van der Waals surface area contributed by atoms with Gasteiger partial charge in [0.15, 0.2) is 5.13 Å². The molecule has 3 aromatic rings. The predicted octanol–water partition coefficient (Wildman–Crippen LogP) is 3.13. The molecule has 192 valence electrons. The lowest BCUT2D eigenvalue weighted by atomic mass is 10.1. The van der Waals surface area contributed by atoms with E-state index in [9.17, 15) is 24.3 Å². The highest BCUT2D eigenvalue weighted by atomic mass is 32.1. The molecule has 0 saturated carbocycles. The number of hydrogen-bond acceptors (Lipinski definition) is 9. The molecular weight excluding hydrogens is 504 g/mol. The molecule has 0 aliphatic rings. The first-order valence-electron chi connectivity index (χ1n) is 11.0. The van der Waals surface area contributed by atoms with E-state index in [0.717, 1.165) is 11.3 Å². The number of aryl methyl sites for hydroxylation is 1. The number of methoxy groups -OCH3 is 1. The number of carbonyl (C=O) groups is 4. The van der Waals surface area contributed by atoms with E-state index in [2.05, 4.69) is 20.9 Å². The Hall–Kier alpha value is -3.77. The van der Waals surface area contributed by atoms with Crippen molar-refractivity contribution in [1.29, 1.82) is 0 Å². The number of carbonyl (C=O) groups excluding carboxylic acids is 4. The first kappa shape index (κ1) is 28.5. The molecule has 3 amide bonds. The highest BCUT2D eigenvalue weighted by molar-refractivity contribution is 7.17. The molecule has 10 nitrogen and oxygen atoms in total. The number of nitrogens with one attached hydrogen (secondary N) is 3. The van der Waals surface area contributed by atoms with E-state index in [0.29, 0.717) is 16.1 Å². The van der Waals surface area contributed by atoms with Gasteiger partial charge in [-0.05, 0) is 36.1 Å². The average molecular weight is 533 g/mol. The summed E-state index contributed by atoms with van der Waals surface area (Å²) >= 11 is 2.20. The highest BCUT2D eigenvalue weighted by Crippen LogP contribution is 2.23. The molecule has 0 saturated heterocycles. The largest absolute Gasteiger partial charge is 0.508 e. The molecule has 0 bridgehead atoms. The van der Waals surface area contributed by atoms with Gasteiger partial charge in [0.1, 0.15) is 16.7 Å². The smallest absolute Gasteiger partial charge is 0.330 e. The van der Waals surface area contributed by atoms with E-state index in [1.807, 2.05) is 13.8 Å². The third-order valence-corrected chi connectivity index (χ3v) is 6.47. The number of ether oxygens (including phenoxy) is 1. The van der Waals surface area contributed by atoms with Gasteiger partial charge in [0.25, 0.3) is 11.8 Å². The van der Waals surface area contributed by atoms with Crippen LogP contribution >= 0.6 is 22.7 Å². The number of anilines is 1. The quantitative estimate of drug-likeness (QED) is 0.310. The minimum absolute atomic E-state index is 0.0168. The average Bonchev–Trinajstić information content (AvgIpc) is 3.52. The van der Waals surface area contributed by atoms with Crippen molar-refractivity contribution in [3.8, 4) is 5.75 Å². The second-order valence-electron chi connectivity index (χ2n) is 7.06. The maximum atomic E-state index is 12.8. The third kappa shape index (κ3) is 8.17. The molecule has 3 rings (SSSR count). The molecule has 1 aromatic carbocycles. The topological polar surface area (TPSA) is 147 Å². The number of hydrogen-bond donors (Lipinski definition) is 4. The van der Waals surface area contributed by atoms with E-state index in [1.54, 1.807) is 36.6 Å². The highest BCUT2D eigenvalue weighted by Gasteiger charge is 2.26. The Balaban J connectivity index is 0.00000222. The number of amides is 3. The third-order valence-electron chi connectivity index (χ3n) is 4.53. The molecule has 0 spiro atoms. The van der Waals surface area contributed by atoms with Crippen LogP contribution in [0.1, 0.15) is 44.4 Å². The van der Waals surface area contributed by atoms with Gasteiger partial charge in [0.05, 0.1) is 24.1 Å². The number of aromatic nitrogens is 1. The second kappa shape index (κ2) is 14.0. The Kier molecular flexibility index (Phi) is 11.0. The lowest BCUT2D eigenvalue weighted by Crippen LogP contribution is -2.48. The van der Waals surface area contributed by atoms with Gasteiger partial charge in [-0.2, -0.15) is 0 Å². The zero-order valence-electron chi connectivity index (χ0n) is 20.3. The van der Waals surface area contributed by atoms with Crippen molar-refractivity contribution >= 4 is 51.5 Å². The number of phenols is 1. The van der Waals surface area contributed by atoms with Crippen molar-refractivity contribution in [2.75, 3.05) is 19.0 Å². The molecule has 12 heteroatoms. The number of benzene rings is 1. The molecule has 0 radical (unpaired) electrons. The maximum absolute atomic E-state index is 12.8. The Morgan fingerprint density at radius 3 is 2.50 bits per heavy atom. The number of phenolic OH excluding ortho intramolecular Hbond substituents is 1. The summed E-state index contributed by atoms with van der Waals surface area (Å²) in [5.74, 6) is -1.99. The first-order valence-corrected chi connectivity index (χ1v) is 12.7. The van der Waals surface area contributed by atoms with Gasteiger partial charge in [0, 0.05) is 6.54 Å². The standard InChI is InChI=1S/C22H22N4O6S2.C2H6/c1-12-18(34-22(24-12)26-17(28)10-13-5-3-6-14(27)9-13)20(30)25-15(21(31)32-2)11-23-19(29)16-7-4-8-33-16;1-2/h3-9,15,27H,10-11H2,1-2H3,(H,23,29)(H,25,30)(H,24,26,28);1-2H3. The molecule has 4 N–H and O–H groups in total. The summed E-state index contributed by atoms with van der Waals surface area (Å²) in [7, 11) is 1.18. The van der Waals surface area contributed by atoms with Gasteiger partial charge < -0.3 is 25.8 Å². The molecule has 2 aromatic heterocycles. The van der Waals surface area contributed by atoms with Crippen LogP contribution in [0.3, 0.4) is 0 Å². The van der Waals surface area contributed by atoms with Crippen LogP contribution in [-0.4, -0.2) is 53.5 Å². The van der Waals surface area contributed by atoms with Crippen LogP contribution in [0.5, 0.6) is 5.75 Å². The van der Waals surface area contributed by atoms with E-state index >= 15 is 0 Å². The van der Waals surface area contributed by atoms with Crippen LogP contribution in [0.25, 0.3) is 0 Å². The summed E-state index contributed by atoms with van der Waals surface area (Å²) < 4.78 is 4.74. The monoisotopic (exact) mass is 532 g/mol. The van der Waals surface area contributed by atoms with Gasteiger partial charge >= 0.3 is 5.97 Å². The molecule has 0 aliphatic carbocycles. The number of thiophene rings is 1. The number of rotatable bonds is 9. The fourth-order valence-corrected chi connectivity index (χ4v) is 4.45. The lowest BCUT2D eigenvalue weighted by molar-refractivity contribution is -0.142. The van der Waals surface area contributed by atoms with Crippen molar-refractivity contribution in [3.05, 3.63) is 62.8 Å². The Bertz CT molecular complexity index is 1190. The van der Waals surface area contributed by atoms with Gasteiger partial charge in [-0.25, -0.2) is 9.78 Å². The molecule has 0 aliphatic heterocycles. The molecule has 36 heavy (non-hydrogen) atoms. The number of esters is 1. The van der Waals surface area contributed by atoms with Crippen LogP contribution in [-0.2, 0) is 20.7 Å². The van der Waals surface area contributed by atoms with E-state index in [1.165, 1.54) is 30.6 Å². The lowest BCUT2D eigenvalue weighted by Gasteiger charge is -2.16. The molecule has 0 fully saturated rings. The molecule has 1 atom stereocenters. The second-order valence-corrected chi connectivity index (χ2v) is 9.01. The van der Waals surface area contributed by atoms with Crippen molar-refractivity contribution in [1.82, 2.24) is 15.6 Å². The van der Waals surface area contributed by atoms with E-state index in [4.69, 9.17) is 4.74 Å². The molecule has 2 heterocycles. The zero-order valence-corrected chi connectivity index (χ0v) is 21.9. The van der Waals surface area contributed by atoms with Crippen molar-refractivity contribution in [2.24, 2.45) is 0 Å². The summed E-state index contributed by atoms with van der Waals surface area (Å²) in [6.45, 7) is 5.43. The fraction of sp³-hybridized carbons (Fsp3) is 0.292. The first-order chi connectivity index (χ1) is 17.3. The summed E-state index contributed by atoms with van der Waals surface area (Å²) in [5, 5.41) is 19.3. The van der Waals surface area contributed by atoms with E-state index < -0.39 is 17.9 Å². The summed E-state index contributed by atoms with van der Waals surface area (Å²) in [5.41, 5.74) is 0.982. The summed E-state index contributed by atoms with van der Waals surface area (Å²) in [4.78, 5) is 54.3. The van der Waals surface area contributed by atoms with Crippen LogP contribution in [0.4, 0.5) is 5.13 Å². The van der Waals surface area contributed by atoms with Gasteiger partial charge in [-0.3, -0.25) is 14.4 Å². The Morgan fingerprint density at radius 1 is 1.11 bits per heavy atom. The van der Waals surface area contributed by atoms with Gasteiger partial charge in [-0.1, -0.05) is 43.4 Å². The predicted molar refractivity (Wildman–Crippen MR) is 139 cm³/mol. The van der Waals surface area contributed by atoms with Crippen LogP contribution in [0, 0.1) is 6.92 Å². The Morgan fingerprint density at radius 2 is 1.86 bits per heavy atom. The minimum atomic E-state index is -1.12. The van der Waals surface area contributed by atoms with Crippen molar-refractivity contribution < 1.29 is 29.0 Å². The Labute approximate surface area is 216 Å². The zero-order chi connectivity index (χ0) is 26.7. The van der Waals surface area contributed by atoms with Crippen molar-refractivity contribution in [3.63, 3.8) is 0 Å². The number of thiazole rings is 1.